The molecule has 1 N–H and O–H groups in total. The fourth-order valence-corrected chi connectivity index (χ4v) is 2.38. The molecule has 1 aromatic heterocycles. The first kappa shape index (κ1) is 12.7. The molecule has 1 aromatic carbocycles. The van der Waals surface area contributed by atoms with Gasteiger partial charge in [0.25, 0.3) is 5.91 Å². The highest BCUT2D eigenvalue weighted by molar-refractivity contribution is 7.12. The van der Waals surface area contributed by atoms with Crippen molar-refractivity contribution in [2.75, 3.05) is 13.2 Å². The number of carbonyl (C=O) groups is 1. The molecule has 0 saturated heterocycles. The summed E-state index contributed by atoms with van der Waals surface area (Å²) in [5.41, 5.74) is 3.32. The maximum atomic E-state index is 11.7. The number of carbonyl (C=O) groups excluding carboxylic acids is 1. The lowest BCUT2D eigenvalue weighted by atomic mass is 10.2. The summed E-state index contributed by atoms with van der Waals surface area (Å²) < 4.78 is 10.9. The lowest BCUT2D eigenvalue weighted by molar-refractivity contribution is 0.0959. The summed E-state index contributed by atoms with van der Waals surface area (Å²) in [6.45, 7) is 1.11. The number of amides is 1. The van der Waals surface area contributed by atoms with Gasteiger partial charge in [-0.15, -0.1) is 11.3 Å². The average molecular weight is 288 g/mol. The Balaban J connectivity index is 1.65. The highest BCUT2D eigenvalue weighted by Crippen LogP contribution is 2.30. The van der Waals surface area contributed by atoms with Crippen molar-refractivity contribution in [1.29, 1.82) is 0 Å². The molecule has 6 heteroatoms. The predicted molar refractivity (Wildman–Crippen MR) is 76.8 cm³/mol. The monoisotopic (exact) mass is 288 g/mol. The summed E-state index contributed by atoms with van der Waals surface area (Å²) in [4.78, 5) is 12.3. The van der Waals surface area contributed by atoms with Crippen LogP contribution in [0.3, 0.4) is 0 Å². The van der Waals surface area contributed by atoms with Crippen LogP contribution in [0.1, 0.15) is 15.2 Å². The fraction of sp³-hybridized carbons (Fsp3) is 0.143. The van der Waals surface area contributed by atoms with Crippen LogP contribution in [0.15, 0.2) is 40.8 Å². The number of nitrogens with one attached hydrogen (secondary N) is 1. The fourth-order valence-electron chi connectivity index (χ4n) is 1.77. The highest BCUT2D eigenvalue weighted by atomic mass is 32.1. The van der Waals surface area contributed by atoms with Gasteiger partial charge in [-0.1, -0.05) is 6.07 Å². The minimum atomic E-state index is -0.214. The molecule has 102 valence electrons. The Morgan fingerprint density at radius 2 is 2.10 bits per heavy atom. The van der Waals surface area contributed by atoms with Crippen molar-refractivity contribution in [3.63, 3.8) is 0 Å². The number of hydrazone groups is 1. The smallest absolute Gasteiger partial charge is 0.281 e. The maximum absolute atomic E-state index is 11.7. The number of hydrogen-bond acceptors (Lipinski definition) is 5. The number of ether oxygens (including phenoxy) is 2. The van der Waals surface area contributed by atoms with Gasteiger partial charge >= 0.3 is 0 Å². The van der Waals surface area contributed by atoms with E-state index < -0.39 is 0 Å². The minimum absolute atomic E-state index is 0.214. The van der Waals surface area contributed by atoms with Gasteiger partial charge in [-0.2, -0.15) is 5.10 Å². The van der Waals surface area contributed by atoms with Crippen LogP contribution in [0.4, 0.5) is 0 Å². The topological polar surface area (TPSA) is 59.9 Å². The van der Waals surface area contributed by atoms with Gasteiger partial charge in [-0.3, -0.25) is 4.79 Å². The van der Waals surface area contributed by atoms with E-state index in [1.807, 2.05) is 29.6 Å². The zero-order valence-corrected chi connectivity index (χ0v) is 11.4. The van der Waals surface area contributed by atoms with Gasteiger partial charge < -0.3 is 9.47 Å². The molecule has 1 amide bonds. The molecule has 0 atom stereocenters. The third-order valence-corrected chi connectivity index (χ3v) is 3.56. The zero-order valence-electron chi connectivity index (χ0n) is 10.5. The zero-order chi connectivity index (χ0) is 13.8. The van der Waals surface area contributed by atoms with Crippen LogP contribution in [-0.2, 0) is 0 Å². The van der Waals surface area contributed by atoms with E-state index in [2.05, 4.69) is 10.5 Å². The van der Waals surface area contributed by atoms with E-state index in [0.717, 1.165) is 11.3 Å². The van der Waals surface area contributed by atoms with E-state index in [1.165, 1.54) is 11.3 Å². The first-order valence-corrected chi connectivity index (χ1v) is 6.97. The molecule has 0 bridgehead atoms. The van der Waals surface area contributed by atoms with E-state index in [9.17, 15) is 4.79 Å². The molecule has 1 aliphatic heterocycles. The van der Waals surface area contributed by atoms with Crippen molar-refractivity contribution < 1.29 is 14.3 Å². The molecule has 0 radical (unpaired) electrons. The second kappa shape index (κ2) is 5.75. The number of hydrogen-bond donors (Lipinski definition) is 1. The molecule has 2 heterocycles. The van der Waals surface area contributed by atoms with Gasteiger partial charge in [-0.25, -0.2) is 5.43 Å². The molecular weight excluding hydrogens is 276 g/mol. The lowest BCUT2D eigenvalue weighted by Crippen LogP contribution is -2.16. The number of thiophene rings is 1. The third-order valence-electron chi connectivity index (χ3n) is 2.69. The molecule has 0 unspecified atom stereocenters. The SMILES string of the molecule is O=C(N/N=C/c1ccc2c(c1)OCCO2)c1cccs1. The van der Waals surface area contributed by atoms with Crippen LogP contribution in [0.5, 0.6) is 11.5 Å². The Kier molecular flexibility index (Phi) is 3.64. The molecule has 0 aliphatic carbocycles. The highest BCUT2D eigenvalue weighted by Gasteiger charge is 2.11. The standard InChI is InChI=1S/C14H12N2O3S/c17-14(13-2-1-7-20-13)16-15-9-10-3-4-11-12(8-10)19-6-5-18-11/h1-4,7-9H,5-6H2,(H,16,17)/b15-9+. The summed E-state index contributed by atoms with van der Waals surface area (Å²) in [7, 11) is 0. The van der Waals surface area contributed by atoms with Crippen LogP contribution >= 0.6 is 11.3 Å². The molecule has 20 heavy (non-hydrogen) atoms. The second-order valence-corrected chi connectivity index (χ2v) is 5.03. The predicted octanol–water partition coefficient (Wildman–Crippen LogP) is 2.28. The summed E-state index contributed by atoms with van der Waals surface area (Å²) >= 11 is 1.37. The summed E-state index contributed by atoms with van der Waals surface area (Å²) in [6, 6.07) is 9.09. The average Bonchev–Trinajstić information content (AvgIpc) is 3.01. The van der Waals surface area contributed by atoms with Crippen LogP contribution in [0.25, 0.3) is 0 Å². The second-order valence-electron chi connectivity index (χ2n) is 4.08. The number of benzene rings is 1. The van der Waals surface area contributed by atoms with Gasteiger partial charge in [0.2, 0.25) is 0 Å². The van der Waals surface area contributed by atoms with Crippen molar-refractivity contribution in [3.05, 3.63) is 46.2 Å². The van der Waals surface area contributed by atoms with Crippen molar-refractivity contribution in [2.24, 2.45) is 5.10 Å². The first-order valence-electron chi connectivity index (χ1n) is 6.09. The summed E-state index contributed by atoms with van der Waals surface area (Å²) in [5, 5.41) is 5.78. The van der Waals surface area contributed by atoms with Crippen molar-refractivity contribution >= 4 is 23.5 Å². The Morgan fingerprint density at radius 1 is 1.25 bits per heavy atom. The van der Waals surface area contributed by atoms with Gasteiger partial charge in [0, 0.05) is 0 Å². The van der Waals surface area contributed by atoms with E-state index in [0.29, 0.717) is 23.8 Å². The molecule has 2 aromatic rings. The summed E-state index contributed by atoms with van der Waals surface area (Å²) in [6.07, 6.45) is 1.57. The van der Waals surface area contributed by atoms with E-state index in [1.54, 1.807) is 12.3 Å². The lowest BCUT2D eigenvalue weighted by Gasteiger charge is -2.18. The Hall–Kier alpha value is -2.34. The Bertz CT molecular complexity index is 638. The van der Waals surface area contributed by atoms with Crippen LogP contribution in [-0.4, -0.2) is 25.3 Å². The van der Waals surface area contributed by atoms with Crippen molar-refractivity contribution in [3.8, 4) is 11.5 Å². The molecule has 5 nitrogen and oxygen atoms in total. The van der Waals surface area contributed by atoms with E-state index in [4.69, 9.17) is 9.47 Å². The normalized spacial score (nSPS) is 13.4. The van der Waals surface area contributed by atoms with E-state index >= 15 is 0 Å². The van der Waals surface area contributed by atoms with E-state index in [-0.39, 0.29) is 5.91 Å². The number of nitrogens with zero attached hydrogens (tertiary/aromatic N) is 1. The van der Waals surface area contributed by atoms with Gasteiger partial charge in [0.1, 0.15) is 13.2 Å². The molecule has 0 fully saturated rings. The van der Waals surface area contributed by atoms with Crippen LogP contribution in [0, 0.1) is 0 Å². The molecule has 3 rings (SSSR count). The molecule has 0 saturated carbocycles. The van der Waals surface area contributed by atoms with Crippen LogP contribution in [0.2, 0.25) is 0 Å². The van der Waals surface area contributed by atoms with Crippen molar-refractivity contribution in [2.45, 2.75) is 0 Å². The van der Waals surface area contributed by atoms with Crippen molar-refractivity contribution in [1.82, 2.24) is 5.43 Å². The number of rotatable bonds is 3. The summed E-state index contributed by atoms with van der Waals surface area (Å²) in [5.74, 6) is 1.22. The quantitative estimate of drug-likeness (QED) is 0.696. The largest absolute Gasteiger partial charge is 0.486 e. The Labute approximate surface area is 119 Å². The molecular formula is C14H12N2O3S. The van der Waals surface area contributed by atoms with Gasteiger partial charge in [0.15, 0.2) is 11.5 Å². The number of fused-ring (bicyclic) bond motifs is 1. The maximum Gasteiger partial charge on any atom is 0.281 e. The first-order chi connectivity index (χ1) is 9.83. The van der Waals surface area contributed by atoms with Gasteiger partial charge in [-0.05, 0) is 35.2 Å². The van der Waals surface area contributed by atoms with Gasteiger partial charge in [0.05, 0.1) is 11.1 Å². The molecule has 1 aliphatic rings. The third kappa shape index (κ3) is 2.80. The van der Waals surface area contributed by atoms with Crippen LogP contribution < -0.4 is 14.9 Å². The Morgan fingerprint density at radius 3 is 2.90 bits per heavy atom. The minimum Gasteiger partial charge on any atom is -0.486 e. The molecule has 0 spiro atoms.